The van der Waals surface area contributed by atoms with Gasteiger partial charge in [0, 0.05) is 25.4 Å². The first-order chi connectivity index (χ1) is 8.02. The number of carbonyl (C=O) groups is 1. The van der Waals surface area contributed by atoms with Gasteiger partial charge in [-0.15, -0.1) is 0 Å². The Morgan fingerprint density at radius 3 is 2.82 bits per heavy atom. The summed E-state index contributed by atoms with van der Waals surface area (Å²) in [7, 11) is 1.66. The SMILES string of the molecule is COCO[C@H]1CCC[C@@]2(C)CC(=O)CC[C@@]12C. The average Bonchev–Trinajstić information content (AvgIpc) is 2.28. The van der Waals surface area contributed by atoms with Crippen molar-refractivity contribution in [3.8, 4) is 0 Å². The third-order valence-electron chi connectivity index (χ3n) is 5.18. The quantitative estimate of drug-likeness (QED) is 0.711. The Labute approximate surface area is 104 Å². The topological polar surface area (TPSA) is 35.5 Å². The van der Waals surface area contributed by atoms with Crippen LogP contribution in [0.2, 0.25) is 0 Å². The maximum absolute atomic E-state index is 11.7. The van der Waals surface area contributed by atoms with E-state index < -0.39 is 0 Å². The fraction of sp³-hybridized carbons (Fsp3) is 0.929. The van der Waals surface area contributed by atoms with E-state index in [1.165, 1.54) is 0 Å². The number of fused-ring (bicyclic) bond motifs is 1. The molecule has 0 aromatic heterocycles. The Morgan fingerprint density at radius 2 is 2.12 bits per heavy atom. The number of hydrogen-bond acceptors (Lipinski definition) is 3. The van der Waals surface area contributed by atoms with Gasteiger partial charge < -0.3 is 9.47 Å². The first kappa shape index (κ1) is 13.0. The number of carbonyl (C=O) groups excluding carboxylic acids is 1. The Hall–Kier alpha value is -0.410. The molecule has 2 saturated carbocycles. The molecule has 0 heterocycles. The molecule has 0 unspecified atom stereocenters. The van der Waals surface area contributed by atoms with Gasteiger partial charge in [0.1, 0.15) is 12.6 Å². The van der Waals surface area contributed by atoms with E-state index in [2.05, 4.69) is 13.8 Å². The van der Waals surface area contributed by atoms with Crippen LogP contribution in [0.15, 0.2) is 0 Å². The summed E-state index contributed by atoms with van der Waals surface area (Å²) in [5.74, 6) is 0.428. The van der Waals surface area contributed by atoms with Gasteiger partial charge in [-0.05, 0) is 24.7 Å². The molecule has 3 nitrogen and oxygen atoms in total. The normalized spacial score (nSPS) is 42.3. The van der Waals surface area contributed by atoms with Crippen molar-refractivity contribution in [1.82, 2.24) is 0 Å². The average molecular weight is 240 g/mol. The maximum Gasteiger partial charge on any atom is 0.146 e. The van der Waals surface area contributed by atoms with Crippen molar-refractivity contribution in [1.29, 1.82) is 0 Å². The van der Waals surface area contributed by atoms with Gasteiger partial charge in [0.15, 0.2) is 0 Å². The molecular formula is C14H24O3. The summed E-state index contributed by atoms with van der Waals surface area (Å²) in [4.78, 5) is 11.7. The summed E-state index contributed by atoms with van der Waals surface area (Å²) < 4.78 is 10.9. The van der Waals surface area contributed by atoms with E-state index in [1.54, 1.807) is 7.11 Å². The molecule has 2 aliphatic carbocycles. The molecule has 98 valence electrons. The fourth-order valence-corrected chi connectivity index (χ4v) is 3.76. The minimum Gasteiger partial charge on any atom is -0.359 e. The predicted octanol–water partition coefficient (Wildman–Crippen LogP) is 2.93. The number of Topliss-reactive ketones (excluding diaryl/α,β-unsaturated/α-hetero) is 1. The summed E-state index contributed by atoms with van der Waals surface area (Å²) >= 11 is 0. The molecule has 0 spiro atoms. The molecular weight excluding hydrogens is 216 g/mol. The van der Waals surface area contributed by atoms with Crippen LogP contribution in [0.3, 0.4) is 0 Å². The second-order valence-corrected chi connectivity index (χ2v) is 6.15. The van der Waals surface area contributed by atoms with Crippen molar-refractivity contribution >= 4 is 5.78 Å². The summed E-state index contributed by atoms with van der Waals surface area (Å²) in [5.41, 5.74) is 0.261. The molecule has 0 aliphatic heterocycles. The van der Waals surface area contributed by atoms with E-state index in [-0.39, 0.29) is 16.9 Å². The predicted molar refractivity (Wildman–Crippen MR) is 65.7 cm³/mol. The zero-order valence-electron chi connectivity index (χ0n) is 11.3. The molecule has 2 fully saturated rings. The molecule has 0 aromatic rings. The Morgan fingerprint density at radius 1 is 1.35 bits per heavy atom. The minimum absolute atomic E-state index is 0.124. The van der Waals surface area contributed by atoms with Crippen molar-refractivity contribution in [2.75, 3.05) is 13.9 Å². The van der Waals surface area contributed by atoms with Crippen LogP contribution in [0.1, 0.15) is 52.4 Å². The minimum atomic E-state index is 0.124. The summed E-state index contributed by atoms with van der Waals surface area (Å²) in [6, 6.07) is 0. The van der Waals surface area contributed by atoms with E-state index in [1.807, 2.05) is 0 Å². The number of ether oxygens (including phenoxy) is 2. The molecule has 2 rings (SSSR count). The number of methoxy groups -OCH3 is 1. The Kier molecular flexibility index (Phi) is 3.60. The summed E-state index contributed by atoms with van der Waals surface area (Å²) in [6.07, 6.45) is 6.08. The Balaban J connectivity index is 2.18. The molecule has 2 aliphatic rings. The van der Waals surface area contributed by atoms with E-state index in [0.29, 0.717) is 12.6 Å². The highest BCUT2D eigenvalue weighted by atomic mass is 16.7. The van der Waals surface area contributed by atoms with Crippen molar-refractivity contribution in [3.63, 3.8) is 0 Å². The monoisotopic (exact) mass is 240 g/mol. The first-order valence-electron chi connectivity index (χ1n) is 6.64. The summed E-state index contributed by atoms with van der Waals surface area (Å²) in [5, 5.41) is 0. The molecule has 0 bridgehead atoms. The van der Waals surface area contributed by atoms with Gasteiger partial charge in [-0.2, -0.15) is 0 Å². The van der Waals surface area contributed by atoms with Crippen LogP contribution in [0.25, 0.3) is 0 Å². The number of rotatable bonds is 3. The lowest BCUT2D eigenvalue weighted by atomic mass is 9.50. The van der Waals surface area contributed by atoms with Gasteiger partial charge in [0.05, 0.1) is 6.10 Å². The van der Waals surface area contributed by atoms with Crippen LogP contribution >= 0.6 is 0 Å². The second kappa shape index (κ2) is 4.69. The summed E-state index contributed by atoms with van der Waals surface area (Å²) in [6.45, 7) is 4.94. The highest BCUT2D eigenvalue weighted by Crippen LogP contribution is 2.58. The molecule has 0 aromatic carbocycles. The smallest absolute Gasteiger partial charge is 0.146 e. The zero-order valence-corrected chi connectivity index (χ0v) is 11.3. The van der Waals surface area contributed by atoms with E-state index in [9.17, 15) is 4.79 Å². The zero-order chi connectivity index (χ0) is 12.5. The van der Waals surface area contributed by atoms with Crippen LogP contribution in [0.5, 0.6) is 0 Å². The largest absolute Gasteiger partial charge is 0.359 e. The van der Waals surface area contributed by atoms with Crippen molar-refractivity contribution in [2.45, 2.75) is 58.5 Å². The lowest BCUT2D eigenvalue weighted by Gasteiger charge is -2.56. The van der Waals surface area contributed by atoms with E-state index in [4.69, 9.17) is 9.47 Å². The number of ketones is 1. The molecule has 17 heavy (non-hydrogen) atoms. The highest BCUT2D eigenvalue weighted by molar-refractivity contribution is 5.80. The lowest BCUT2D eigenvalue weighted by molar-refractivity contribution is -0.184. The van der Waals surface area contributed by atoms with Crippen molar-refractivity contribution < 1.29 is 14.3 Å². The molecule has 3 atom stereocenters. The van der Waals surface area contributed by atoms with Crippen LogP contribution in [0.4, 0.5) is 0 Å². The van der Waals surface area contributed by atoms with Crippen molar-refractivity contribution in [3.05, 3.63) is 0 Å². The molecule has 0 N–H and O–H groups in total. The van der Waals surface area contributed by atoms with Crippen LogP contribution in [-0.2, 0) is 14.3 Å². The van der Waals surface area contributed by atoms with Gasteiger partial charge in [0.2, 0.25) is 0 Å². The molecule has 0 amide bonds. The van der Waals surface area contributed by atoms with Gasteiger partial charge in [-0.1, -0.05) is 20.3 Å². The first-order valence-corrected chi connectivity index (χ1v) is 6.64. The third-order valence-corrected chi connectivity index (χ3v) is 5.18. The fourth-order valence-electron chi connectivity index (χ4n) is 3.76. The van der Waals surface area contributed by atoms with E-state index in [0.717, 1.165) is 38.5 Å². The van der Waals surface area contributed by atoms with Crippen LogP contribution in [-0.4, -0.2) is 25.8 Å². The number of hydrogen-bond donors (Lipinski definition) is 0. The third kappa shape index (κ3) is 2.15. The van der Waals surface area contributed by atoms with Crippen LogP contribution in [0, 0.1) is 10.8 Å². The maximum atomic E-state index is 11.7. The van der Waals surface area contributed by atoms with Gasteiger partial charge >= 0.3 is 0 Å². The standard InChI is InChI=1S/C14H24O3/c1-13-7-4-5-12(17-10-16-3)14(13,2)8-6-11(15)9-13/h12H,4-10H2,1-3H3/t12-,13-,14-/m0/s1. The molecule has 0 saturated heterocycles. The highest BCUT2D eigenvalue weighted by Gasteiger charge is 2.54. The van der Waals surface area contributed by atoms with Crippen LogP contribution < -0.4 is 0 Å². The molecule has 0 radical (unpaired) electrons. The van der Waals surface area contributed by atoms with Gasteiger partial charge in [0.25, 0.3) is 0 Å². The van der Waals surface area contributed by atoms with Gasteiger partial charge in [-0.3, -0.25) is 4.79 Å². The van der Waals surface area contributed by atoms with Crippen molar-refractivity contribution in [2.24, 2.45) is 10.8 Å². The van der Waals surface area contributed by atoms with E-state index >= 15 is 0 Å². The second-order valence-electron chi connectivity index (χ2n) is 6.15. The van der Waals surface area contributed by atoms with Gasteiger partial charge in [-0.25, -0.2) is 0 Å². The lowest BCUT2D eigenvalue weighted by Crippen LogP contribution is -2.54. The Bertz CT molecular complexity index is 302. The molecule has 3 heteroatoms.